The standard InChI is InChI=1S/C15H23FN2/c1-3-14-6-4-5-9-18(14)15-8-7-13(16)10-12(15)11-17-2/h7-8,10,14,17H,3-6,9,11H2,1-2H3. The van der Waals surface area contributed by atoms with Crippen LogP contribution in [0.4, 0.5) is 10.1 Å². The Morgan fingerprint density at radius 3 is 2.94 bits per heavy atom. The van der Waals surface area contributed by atoms with E-state index >= 15 is 0 Å². The van der Waals surface area contributed by atoms with Gasteiger partial charge in [-0.15, -0.1) is 0 Å². The predicted octanol–water partition coefficient (Wildman–Crippen LogP) is 3.31. The first-order chi connectivity index (χ1) is 8.76. The van der Waals surface area contributed by atoms with Gasteiger partial charge in [-0.1, -0.05) is 6.92 Å². The average molecular weight is 250 g/mol. The Labute approximate surface area is 109 Å². The van der Waals surface area contributed by atoms with Crippen LogP contribution in [-0.2, 0) is 6.54 Å². The first kappa shape index (κ1) is 13.3. The van der Waals surface area contributed by atoms with E-state index in [0.29, 0.717) is 6.04 Å². The van der Waals surface area contributed by atoms with Crippen molar-refractivity contribution in [3.8, 4) is 0 Å². The first-order valence-electron chi connectivity index (χ1n) is 6.96. The lowest BCUT2D eigenvalue weighted by Crippen LogP contribution is -2.39. The minimum absolute atomic E-state index is 0.144. The highest BCUT2D eigenvalue weighted by molar-refractivity contribution is 5.55. The largest absolute Gasteiger partial charge is 0.368 e. The summed E-state index contributed by atoms with van der Waals surface area (Å²) in [5.74, 6) is -0.144. The zero-order chi connectivity index (χ0) is 13.0. The minimum Gasteiger partial charge on any atom is -0.368 e. The Morgan fingerprint density at radius 2 is 2.22 bits per heavy atom. The molecule has 0 radical (unpaired) electrons. The summed E-state index contributed by atoms with van der Waals surface area (Å²) >= 11 is 0. The molecule has 1 aliphatic rings. The van der Waals surface area contributed by atoms with Gasteiger partial charge < -0.3 is 10.2 Å². The molecule has 1 heterocycles. The summed E-state index contributed by atoms with van der Waals surface area (Å²) in [5.41, 5.74) is 2.27. The van der Waals surface area contributed by atoms with Crippen LogP contribution in [0.3, 0.4) is 0 Å². The van der Waals surface area contributed by atoms with Crippen LogP contribution >= 0.6 is 0 Å². The van der Waals surface area contributed by atoms with Gasteiger partial charge in [0.15, 0.2) is 0 Å². The van der Waals surface area contributed by atoms with Gasteiger partial charge in [0.1, 0.15) is 5.82 Å². The van der Waals surface area contributed by atoms with Crippen LogP contribution in [0.15, 0.2) is 18.2 Å². The second-order valence-corrected chi connectivity index (χ2v) is 5.05. The van der Waals surface area contributed by atoms with Crippen molar-refractivity contribution in [2.24, 2.45) is 0 Å². The summed E-state index contributed by atoms with van der Waals surface area (Å²) in [7, 11) is 1.90. The number of nitrogens with zero attached hydrogens (tertiary/aromatic N) is 1. The van der Waals surface area contributed by atoms with Gasteiger partial charge in [-0.3, -0.25) is 0 Å². The molecule has 1 fully saturated rings. The Balaban J connectivity index is 2.29. The SMILES string of the molecule is CCC1CCCCN1c1ccc(F)cc1CNC. The molecule has 0 bridgehead atoms. The van der Waals surface area contributed by atoms with Crippen LogP contribution in [0.5, 0.6) is 0 Å². The lowest BCUT2D eigenvalue weighted by molar-refractivity contribution is 0.448. The van der Waals surface area contributed by atoms with Gasteiger partial charge in [-0.25, -0.2) is 4.39 Å². The monoisotopic (exact) mass is 250 g/mol. The summed E-state index contributed by atoms with van der Waals surface area (Å²) in [6.07, 6.45) is 4.98. The molecule has 2 nitrogen and oxygen atoms in total. The summed E-state index contributed by atoms with van der Waals surface area (Å²) < 4.78 is 13.4. The van der Waals surface area contributed by atoms with Crippen LogP contribution in [0.2, 0.25) is 0 Å². The minimum atomic E-state index is -0.144. The van der Waals surface area contributed by atoms with E-state index in [-0.39, 0.29) is 5.82 Å². The molecule has 0 saturated carbocycles. The fourth-order valence-corrected chi connectivity index (χ4v) is 2.91. The van der Waals surface area contributed by atoms with Crippen molar-refractivity contribution in [1.82, 2.24) is 5.32 Å². The van der Waals surface area contributed by atoms with Crippen molar-refractivity contribution in [3.05, 3.63) is 29.6 Å². The van der Waals surface area contributed by atoms with Gasteiger partial charge in [0.25, 0.3) is 0 Å². The Kier molecular flexibility index (Phi) is 4.59. The van der Waals surface area contributed by atoms with E-state index in [2.05, 4.69) is 17.1 Å². The molecule has 1 atom stereocenters. The third-order valence-electron chi connectivity index (χ3n) is 3.82. The van der Waals surface area contributed by atoms with Crippen LogP contribution in [0.1, 0.15) is 38.2 Å². The Hall–Kier alpha value is -1.09. The van der Waals surface area contributed by atoms with E-state index in [1.165, 1.54) is 24.9 Å². The second kappa shape index (κ2) is 6.19. The molecule has 1 saturated heterocycles. The third-order valence-corrected chi connectivity index (χ3v) is 3.82. The number of nitrogens with one attached hydrogen (secondary N) is 1. The van der Waals surface area contributed by atoms with E-state index in [1.54, 1.807) is 12.1 Å². The predicted molar refractivity (Wildman–Crippen MR) is 74.4 cm³/mol. The average Bonchev–Trinajstić information content (AvgIpc) is 2.39. The summed E-state index contributed by atoms with van der Waals surface area (Å²) in [5, 5.41) is 3.13. The highest BCUT2D eigenvalue weighted by atomic mass is 19.1. The summed E-state index contributed by atoms with van der Waals surface area (Å²) in [4.78, 5) is 2.47. The first-order valence-corrected chi connectivity index (χ1v) is 6.96. The molecule has 0 amide bonds. The molecular weight excluding hydrogens is 227 g/mol. The number of benzene rings is 1. The normalized spacial score (nSPS) is 20.2. The van der Waals surface area contributed by atoms with E-state index in [4.69, 9.17) is 0 Å². The van der Waals surface area contributed by atoms with Crippen molar-refractivity contribution in [2.75, 3.05) is 18.5 Å². The molecule has 2 rings (SSSR count). The molecule has 1 aromatic rings. The van der Waals surface area contributed by atoms with Crippen molar-refractivity contribution < 1.29 is 4.39 Å². The zero-order valence-electron chi connectivity index (χ0n) is 11.4. The van der Waals surface area contributed by atoms with Gasteiger partial charge in [-0.2, -0.15) is 0 Å². The molecule has 1 aromatic carbocycles. The maximum absolute atomic E-state index is 13.4. The number of rotatable bonds is 4. The fraction of sp³-hybridized carbons (Fsp3) is 0.600. The molecule has 0 aromatic heterocycles. The fourth-order valence-electron chi connectivity index (χ4n) is 2.91. The Bertz CT molecular complexity index is 392. The van der Waals surface area contributed by atoms with E-state index in [1.807, 2.05) is 13.1 Å². The van der Waals surface area contributed by atoms with Crippen molar-refractivity contribution in [1.29, 1.82) is 0 Å². The highest BCUT2D eigenvalue weighted by Gasteiger charge is 2.22. The van der Waals surface area contributed by atoms with Gasteiger partial charge in [0, 0.05) is 24.8 Å². The van der Waals surface area contributed by atoms with Crippen LogP contribution in [-0.4, -0.2) is 19.6 Å². The molecule has 1 aliphatic heterocycles. The van der Waals surface area contributed by atoms with Crippen LogP contribution < -0.4 is 10.2 Å². The molecule has 100 valence electrons. The third kappa shape index (κ3) is 2.83. The lowest BCUT2D eigenvalue weighted by Gasteiger charge is -2.38. The Morgan fingerprint density at radius 1 is 1.39 bits per heavy atom. The molecule has 3 heteroatoms. The topological polar surface area (TPSA) is 15.3 Å². The quantitative estimate of drug-likeness (QED) is 0.882. The number of anilines is 1. The van der Waals surface area contributed by atoms with E-state index in [9.17, 15) is 4.39 Å². The van der Waals surface area contributed by atoms with E-state index in [0.717, 1.165) is 25.1 Å². The molecule has 0 spiro atoms. The maximum Gasteiger partial charge on any atom is 0.123 e. The maximum atomic E-state index is 13.4. The highest BCUT2D eigenvalue weighted by Crippen LogP contribution is 2.29. The van der Waals surface area contributed by atoms with Gasteiger partial charge >= 0.3 is 0 Å². The lowest BCUT2D eigenvalue weighted by atomic mass is 9.98. The van der Waals surface area contributed by atoms with E-state index < -0.39 is 0 Å². The molecule has 1 unspecified atom stereocenters. The van der Waals surface area contributed by atoms with Crippen molar-refractivity contribution >= 4 is 5.69 Å². The van der Waals surface area contributed by atoms with Crippen molar-refractivity contribution in [2.45, 2.75) is 45.2 Å². The molecule has 0 aliphatic carbocycles. The van der Waals surface area contributed by atoms with Crippen molar-refractivity contribution in [3.63, 3.8) is 0 Å². The van der Waals surface area contributed by atoms with Gasteiger partial charge in [0.2, 0.25) is 0 Å². The van der Waals surface area contributed by atoms with Crippen LogP contribution in [0, 0.1) is 5.82 Å². The van der Waals surface area contributed by atoms with Gasteiger partial charge in [0.05, 0.1) is 0 Å². The second-order valence-electron chi connectivity index (χ2n) is 5.05. The molecular formula is C15H23FN2. The summed E-state index contributed by atoms with van der Waals surface area (Å²) in [6.45, 7) is 4.06. The number of halogens is 1. The smallest absolute Gasteiger partial charge is 0.123 e. The summed E-state index contributed by atoms with van der Waals surface area (Å²) in [6, 6.07) is 5.79. The number of hydrogen-bond acceptors (Lipinski definition) is 2. The molecule has 18 heavy (non-hydrogen) atoms. The van der Waals surface area contributed by atoms with Gasteiger partial charge in [-0.05, 0) is 56.5 Å². The number of piperidine rings is 1. The zero-order valence-corrected chi connectivity index (χ0v) is 11.4. The number of hydrogen-bond donors (Lipinski definition) is 1. The van der Waals surface area contributed by atoms with Crippen LogP contribution in [0.25, 0.3) is 0 Å². The molecule has 1 N–H and O–H groups in total.